The van der Waals surface area contributed by atoms with Gasteiger partial charge in [-0.1, -0.05) is 25.1 Å². The van der Waals surface area contributed by atoms with Crippen LogP contribution in [0.5, 0.6) is 0 Å². The fraction of sp³-hybridized carbons (Fsp3) is 0.385. The highest BCUT2D eigenvalue weighted by molar-refractivity contribution is 5.96. The van der Waals surface area contributed by atoms with Gasteiger partial charge in [-0.05, 0) is 18.1 Å². The number of nitrogens with two attached hydrogens (primary N) is 1. The van der Waals surface area contributed by atoms with Crippen molar-refractivity contribution in [2.75, 3.05) is 12.4 Å². The molecule has 1 aromatic carbocycles. The van der Waals surface area contributed by atoms with E-state index in [1.807, 2.05) is 19.1 Å². The van der Waals surface area contributed by atoms with Gasteiger partial charge in [0.2, 0.25) is 11.8 Å². The van der Waals surface area contributed by atoms with Crippen LogP contribution in [0, 0.1) is 0 Å². The molecule has 98 valence electrons. The Balaban J connectivity index is 2.82. The van der Waals surface area contributed by atoms with Crippen LogP contribution in [0.4, 0.5) is 5.69 Å². The average molecular weight is 249 g/mol. The predicted octanol–water partition coefficient (Wildman–Crippen LogP) is 0.651. The second-order valence-corrected chi connectivity index (χ2v) is 4.01. The predicted molar refractivity (Wildman–Crippen MR) is 71.1 cm³/mol. The highest BCUT2D eigenvalue weighted by atomic mass is 16.2. The second-order valence-electron chi connectivity index (χ2n) is 4.01. The number of hydrogen-bond donors (Lipinski definition) is 3. The van der Waals surface area contributed by atoms with Crippen molar-refractivity contribution >= 4 is 17.5 Å². The zero-order valence-corrected chi connectivity index (χ0v) is 10.7. The molecule has 0 heterocycles. The molecule has 0 bridgehead atoms. The molecule has 0 unspecified atom stereocenters. The molecule has 0 saturated carbocycles. The fourth-order valence-electron chi connectivity index (χ4n) is 1.47. The minimum absolute atomic E-state index is 0.100. The van der Waals surface area contributed by atoms with Gasteiger partial charge in [-0.15, -0.1) is 0 Å². The minimum atomic E-state index is -0.530. The molecule has 1 aromatic rings. The molecule has 0 aliphatic carbocycles. The molecule has 0 aromatic heterocycles. The number of nitrogens with one attached hydrogen (secondary N) is 2. The zero-order valence-electron chi connectivity index (χ0n) is 10.7. The number of likely N-dealkylation sites (N-methyl/N-ethyl adjacent to an activating group) is 1. The molecule has 0 spiro atoms. The number of carbonyl (C=O) groups excluding carboxylic acids is 2. The number of hydrogen-bond acceptors (Lipinski definition) is 3. The van der Waals surface area contributed by atoms with E-state index in [0.29, 0.717) is 12.1 Å². The van der Waals surface area contributed by atoms with Crippen molar-refractivity contribution in [3.05, 3.63) is 29.8 Å². The van der Waals surface area contributed by atoms with E-state index in [2.05, 4.69) is 10.6 Å². The van der Waals surface area contributed by atoms with Crippen LogP contribution in [0.15, 0.2) is 24.3 Å². The molecule has 0 fully saturated rings. The van der Waals surface area contributed by atoms with Gasteiger partial charge in [0.15, 0.2) is 0 Å². The normalized spacial score (nSPS) is 11.7. The maximum atomic E-state index is 11.7. The summed E-state index contributed by atoms with van der Waals surface area (Å²) in [6, 6.07) is 6.67. The van der Waals surface area contributed by atoms with Crippen LogP contribution in [0.25, 0.3) is 0 Å². The van der Waals surface area contributed by atoms with E-state index in [-0.39, 0.29) is 18.2 Å². The van der Waals surface area contributed by atoms with Crippen LogP contribution < -0.4 is 16.4 Å². The molecule has 2 amide bonds. The summed E-state index contributed by atoms with van der Waals surface area (Å²) in [6.45, 7) is 1.85. The van der Waals surface area contributed by atoms with Crippen LogP contribution in [0.1, 0.15) is 18.9 Å². The fourth-order valence-corrected chi connectivity index (χ4v) is 1.47. The quantitative estimate of drug-likeness (QED) is 0.716. The summed E-state index contributed by atoms with van der Waals surface area (Å²) in [4.78, 5) is 23.1. The molecule has 18 heavy (non-hydrogen) atoms. The Morgan fingerprint density at radius 2 is 2.00 bits per heavy atom. The summed E-state index contributed by atoms with van der Waals surface area (Å²) < 4.78 is 0. The summed E-state index contributed by atoms with van der Waals surface area (Å²) in [7, 11) is 1.58. The molecule has 5 nitrogen and oxygen atoms in total. The molecule has 0 saturated heterocycles. The highest BCUT2D eigenvalue weighted by Crippen LogP contribution is 2.16. The van der Waals surface area contributed by atoms with Crippen molar-refractivity contribution in [1.82, 2.24) is 5.32 Å². The summed E-state index contributed by atoms with van der Waals surface area (Å²) >= 11 is 0. The molecule has 1 atom stereocenters. The molecule has 0 aliphatic heterocycles. The van der Waals surface area contributed by atoms with E-state index in [1.54, 1.807) is 19.2 Å². The SMILES string of the molecule is CC[C@@H](N)C(=O)Nc1ccccc1CC(=O)NC. The Kier molecular flexibility index (Phi) is 5.32. The number of carbonyl (C=O) groups is 2. The third-order valence-electron chi connectivity index (χ3n) is 2.68. The van der Waals surface area contributed by atoms with Gasteiger partial charge < -0.3 is 16.4 Å². The molecule has 0 aliphatic rings. The van der Waals surface area contributed by atoms with Crippen molar-refractivity contribution in [2.45, 2.75) is 25.8 Å². The smallest absolute Gasteiger partial charge is 0.241 e. The zero-order chi connectivity index (χ0) is 13.5. The van der Waals surface area contributed by atoms with Gasteiger partial charge in [-0.3, -0.25) is 9.59 Å². The molecule has 5 heteroatoms. The standard InChI is InChI=1S/C13H19N3O2/c1-3-10(14)13(18)16-11-7-5-4-6-9(11)8-12(17)15-2/h4-7,10H,3,8,14H2,1-2H3,(H,15,17)(H,16,18)/t10-/m1/s1. The van der Waals surface area contributed by atoms with Gasteiger partial charge in [0.25, 0.3) is 0 Å². The van der Waals surface area contributed by atoms with E-state index >= 15 is 0 Å². The summed E-state index contributed by atoms with van der Waals surface area (Å²) in [6.07, 6.45) is 0.803. The maximum absolute atomic E-state index is 11.7. The lowest BCUT2D eigenvalue weighted by Gasteiger charge is -2.13. The Hall–Kier alpha value is -1.88. The lowest BCUT2D eigenvalue weighted by molar-refractivity contribution is -0.120. The van der Waals surface area contributed by atoms with E-state index in [1.165, 1.54) is 0 Å². The summed E-state index contributed by atoms with van der Waals surface area (Å²) in [5, 5.41) is 5.30. The van der Waals surface area contributed by atoms with Crippen LogP contribution in [0.2, 0.25) is 0 Å². The third kappa shape index (κ3) is 3.85. The lowest BCUT2D eigenvalue weighted by Crippen LogP contribution is -2.35. The van der Waals surface area contributed by atoms with Crippen molar-refractivity contribution in [1.29, 1.82) is 0 Å². The molecular weight excluding hydrogens is 230 g/mol. The number of benzene rings is 1. The van der Waals surface area contributed by atoms with E-state index in [0.717, 1.165) is 5.56 Å². The lowest BCUT2D eigenvalue weighted by atomic mass is 10.1. The minimum Gasteiger partial charge on any atom is -0.359 e. The van der Waals surface area contributed by atoms with Crippen molar-refractivity contribution in [2.24, 2.45) is 5.73 Å². The topological polar surface area (TPSA) is 84.2 Å². The van der Waals surface area contributed by atoms with Gasteiger partial charge in [-0.2, -0.15) is 0 Å². The summed E-state index contributed by atoms with van der Waals surface area (Å²) in [5.74, 6) is -0.335. The number of rotatable bonds is 5. The van der Waals surface area contributed by atoms with Crippen LogP contribution in [-0.2, 0) is 16.0 Å². The van der Waals surface area contributed by atoms with E-state index in [4.69, 9.17) is 5.73 Å². The van der Waals surface area contributed by atoms with Crippen molar-refractivity contribution in [3.63, 3.8) is 0 Å². The maximum Gasteiger partial charge on any atom is 0.241 e. The first-order valence-corrected chi connectivity index (χ1v) is 5.93. The van der Waals surface area contributed by atoms with Crippen LogP contribution in [-0.4, -0.2) is 24.9 Å². The third-order valence-corrected chi connectivity index (χ3v) is 2.68. The largest absolute Gasteiger partial charge is 0.359 e. The van der Waals surface area contributed by atoms with Gasteiger partial charge in [-0.25, -0.2) is 0 Å². The van der Waals surface area contributed by atoms with Gasteiger partial charge in [0.1, 0.15) is 0 Å². The highest BCUT2D eigenvalue weighted by Gasteiger charge is 2.13. The average Bonchev–Trinajstić information content (AvgIpc) is 2.39. The molecule has 1 rings (SSSR count). The van der Waals surface area contributed by atoms with Gasteiger partial charge in [0, 0.05) is 12.7 Å². The molecular formula is C13H19N3O2. The van der Waals surface area contributed by atoms with Crippen molar-refractivity contribution in [3.8, 4) is 0 Å². The first-order chi connectivity index (χ1) is 8.58. The summed E-state index contributed by atoms with van der Waals surface area (Å²) in [5.41, 5.74) is 7.06. The first-order valence-electron chi connectivity index (χ1n) is 5.93. The van der Waals surface area contributed by atoms with E-state index in [9.17, 15) is 9.59 Å². The number of amides is 2. The Morgan fingerprint density at radius 3 is 2.61 bits per heavy atom. The van der Waals surface area contributed by atoms with Crippen LogP contribution >= 0.6 is 0 Å². The Morgan fingerprint density at radius 1 is 1.33 bits per heavy atom. The number of anilines is 1. The molecule has 0 radical (unpaired) electrons. The van der Waals surface area contributed by atoms with E-state index < -0.39 is 6.04 Å². The number of para-hydroxylation sites is 1. The monoisotopic (exact) mass is 249 g/mol. The molecule has 4 N–H and O–H groups in total. The van der Waals surface area contributed by atoms with Crippen LogP contribution in [0.3, 0.4) is 0 Å². The Bertz CT molecular complexity index is 432. The van der Waals surface area contributed by atoms with Gasteiger partial charge >= 0.3 is 0 Å². The second kappa shape index (κ2) is 6.76. The first kappa shape index (κ1) is 14.2. The van der Waals surface area contributed by atoms with Gasteiger partial charge in [0.05, 0.1) is 12.5 Å². The Labute approximate surface area is 107 Å². The van der Waals surface area contributed by atoms with Crippen molar-refractivity contribution < 1.29 is 9.59 Å².